The van der Waals surface area contributed by atoms with Crippen LogP contribution in [-0.4, -0.2) is 37.6 Å². The van der Waals surface area contributed by atoms with E-state index in [2.05, 4.69) is 0 Å². The summed E-state index contributed by atoms with van der Waals surface area (Å²) in [5.74, 6) is -0.127. The van der Waals surface area contributed by atoms with Crippen LogP contribution in [0.25, 0.3) is 0 Å². The van der Waals surface area contributed by atoms with Crippen LogP contribution in [0.15, 0.2) is 18.2 Å². The van der Waals surface area contributed by atoms with Gasteiger partial charge in [-0.3, -0.25) is 4.79 Å². The number of carbonyl (C=O) groups excluding carboxylic acids is 1. The lowest BCUT2D eigenvalue weighted by atomic mass is 10.1. The van der Waals surface area contributed by atoms with Crippen LogP contribution in [0.5, 0.6) is 0 Å². The Bertz CT molecular complexity index is 463. The molecule has 0 heterocycles. The highest BCUT2D eigenvalue weighted by atomic mass is 35.5. The average molecular weight is 281 g/mol. The molecular weight excluding hydrogens is 264 g/mol. The quantitative estimate of drug-likeness (QED) is 0.805. The molecule has 1 rings (SSSR count). The van der Waals surface area contributed by atoms with E-state index in [4.69, 9.17) is 21.6 Å². The maximum absolute atomic E-state index is 12.4. The molecule has 1 aromatic carbocycles. The van der Waals surface area contributed by atoms with E-state index < -0.39 is 0 Å². The number of rotatable bonds is 6. The smallest absolute Gasteiger partial charge is 0.254 e. The molecule has 1 aromatic rings. The lowest BCUT2D eigenvalue weighted by Gasteiger charge is -2.21. The van der Waals surface area contributed by atoms with Crippen molar-refractivity contribution in [3.05, 3.63) is 34.3 Å². The molecule has 0 bridgehead atoms. The second-order valence-corrected chi connectivity index (χ2v) is 4.65. The first-order valence-electron chi connectivity index (χ1n) is 6.01. The highest BCUT2D eigenvalue weighted by molar-refractivity contribution is 6.31. The number of hydrogen-bond donors (Lipinski definition) is 0. The van der Waals surface area contributed by atoms with Crippen LogP contribution in [0.4, 0.5) is 0 Å². The highest BCUT2D eigenvalue weighted by Crippen LogP contribution is 2.16. The summed E-state index contributed by atoms with van der Waals surface area (Å²) in [6, 6.07) is 7.28. The third-order valence-electron chi connectivity index (χ3n) is 2.64. The van der Waals surface area contributed by atoms with E-state index in [0.29, 0.717) is 36.7 Å². The van der Waals surface area contributed by atoms with Crippen molar-refractivity contribution in [3.63, 3.8) is 0 Å². The summed E-state index contributed by atoms with van der Waals surface area (Å²) < 4.78 is 4.98. The van der Waals surface area contributed by atoms with Crippen LogP contribution < -0.4 is 0 Å². The predicted molar refractivity (Wildman–Crippen MR) is 74.2 cm³/mol. The first-order valence-corrected chi connectivity index (χ1v) is 6.38. The van der Waals surface area contributed by atoms with Crippen LogP contribution in [0.2, 0.25) is 5.02 Å². The van der Waals surface area contributed by atoms with Gasteiger partial charge in [0.05, 0.1) is 19.1 Å². The molecule has 0 aliphatic heterocycles. The minimum atomic E-state index is -0.127. The van der Waals surface area contributed by atoms with Crippen LogP contribution in [0, 0.1) is 18.3 Å². The van der Waals surface area contributed by atoms with Gasteiger partial charge in [0.2, 0.25) is 0 Å². The summed E-state index contributed by atoms with van der Waals surface area (Å²) in [4.78, 5) is 14.0. The summed E-state index contributed by atoms with van der Waals surface area (Å²) in [7, 11) is 1.58. The number of benzene rings is 1. The molecule has 0 fully saturated rings. The zero-order valence-electron chi connectivity index (χ0n) is 11.1. The minimum absolute atomic E-state index is 0.127. The van der Waals surface area contributed by atoms with Gasteiger partial charge in [-0.05, 0) is 30.7 Å². The molecule has 19 heavy (non-hydrogen) atoms. The first kappa shape index (κ1) is 15.5. The number of nitrogens with zero attached hydrogens (tertiary/aromatic N) is 2. The molecule has 0 aliphatic rings. The molecule has 0 N–H and O–H groups in total. The lowest BCUT2D eigenvalue weighted by Crippen LogP contribution is -2.34. The Balaban J connectivity index is 2.87. The van der Waals surface area contributed by atoms with Gasteiger partial charge in [-0.2, -0.15) is 5.26 Å². The van der Waals surface area contributed by atoms with Gasteiger partial charge in [-0.15, -0.1) is 0 Å². The Hall–Kier alpha value is -1.57. The van der Waals surface area contributed by atoms with E-state index >= 15 is 0 Å². The number of halogens is 1. The molecule has 0 aromatic heterocycles. The molecule has 0 atom stereocenters. The van der Waals surface area contributed by atoms with E-state index in [1.807, 2.05) is 13.0 Å². The van der Waals surface area contributed by atoms with Crippen molar-refractivity contribution in [1.82, 2.24) is 4.90 Å². The van der Waals surface area contributed by atoms with Crippen molar-refractivity contribution in [3.8, 4) is 6.07 Å². The number of aryl methyl sites for hydroxylation is 1. The Labute approximate surface area is 118 Å². The third-order valence-corrected chi connectivity index (χ3v) is 2.85. The molecular formula is C14H17ClN2O2. The number of carbonyl (C=O) groups is 1. The third kappa shape index (κ3) is 4.90. The normalized spacial score (nSPS) is 10.0. The number of amides is 1. The summed E-state index contributed by atoms with van der Waals surface area (Å²) in [6.45, 7) is 3.18. The van der Waals surface area contributed by atoms with Crippen molar-refractivity contribution in [2.45, 2.75) is 13.3 Å². The monoisotopic (exact) mass is 280 g/mol. The molecule has 0 saturated heterocycles. The number of hydrogen-bond acceptors (Lipinski definition) is 3. The number of methoxy groups -OCH3 is 1. The van der Waals surface area contributed by atoms with Gasteiger partial charge in [-0.25, -0.2) is 0 Å². The van der Waals surface area contributed by atoms with Gasteiger partial charge in [0.15, 0.2) is 0 Å². The predicted octanol–water partition coefficient (Wildman–Crippen LogP) is 2.65. The fourth-order valence-corrected chi connectivity index (χ4v) is 2.03. The van der Waals surface area contributed by atoms with Crippen molar-refractivity contribution in [2.24, 2.45) is 0 Å². The van der Waals surface area contributed by atoms with Crippen molar-refractivity contribution in [2.75, 3.05) is 26.8 Å². The largest absolute Gasteiger partial charge is 0.383 e. The van der Waals surface area contributed by atoms with E-state index in [-0.39, 0.29) is 5.91 Å². The SMILES string of the molecule is COCCN(CCC#N)C(=O)c1cc(C)cc(Cl)c1. The van der Waals surface area contributed by atoms with E-state index in [1.165, 1.54) is 0 Å². The van der Waals surface area contributed by atoms with Gasteiger partial charge in [0.25, 0.3) is 5.91 Å². The Kier molecular flexibility index (Phi) is 6.34. The molecule has 0 aliphatic carbocycles. The molecule has 0 unspecified atom stereocenters. The zero-order valence-corrected chi connectivity index (χ0v) is 11.9. The summed E-state index contributed by atoms with van der Waals surface area (Å²) in [5, 5.41) is 9.18. The highest BCUT2D eigenvalue weighted by Gasteiger charge is 2.16. The molecule has 1 amide bonds. The van der Waals surface area contributed by atoms with Gasteiger partial charge in [-0.1, -0.05) is 11.6 Å². The average Bonchev–Trinajstić information content (AvgIpc) is 2.37. The summed E-state index contributed by atoms with van der Waals surface area (Å²) in [6.07, 6.45) is 0.301. The molecule has 4 nitrogen and oxygen atoms in total. The fraction of sp³-hybridized carbons (Fsp3) is 0.429. The van der Waals surface area contributed by atoms with E-state index in [0.717, 1.165) is 5.56 Å². The fourth-order valence-electron chi connectivity index (χ4n) is 1.74. The maximum atomic E-state index is 12.4. The minimum Gasteiger partial charge on any atom is -0.383 e. The topological polar surface area (TPSA) is 53.3 Å². The van der Waals surface area contributed by atoms with Crippen molar-refractivity contribution >= 4 is 17.5 Å². The molecule has 102 valence electrons. The van der Waals surface area contributed by atoms with Gasteiger partial charge >= 0.3 is 0 Å². The van der Waals surface area contributed by atoms with Crippen LogP contribution >= 0.6 is 11.6 Å². The van der Waals surface area contributed by atoms with E-state index in [1.54, 1.807) is 30.2 Å². The Morgan fingerprint density at radius 2 is 2.16 bits per heavy atom. The maximum Gasteiger partial charge on any atom is 0.254 e. The molecule has 0 spiro atoms. The van der Waals surface area contributed by atoms with E-state index in [9.17, 15) is 4.79 Å². The molecule has 5 heteroatoms. The van der Waals surface area contributed by atoms with Crippen LogP contribution in [0.1, 0.15) is 22.3 Å². The zero-order chi connectivity index (χ0) is 14.3. The van der Waals surface area contributed by atoms with Crippen LogP contribution in [0.3, 0.4) is 0 Å². The standard InChI is InChI=1S/C14H17ClN2O2/c1-11-8-12(10-13(15)9-11)14(18)17(5-3-4-16)6-7-19-2/h8-10H,3,5-7H2,1-2H3. The second-order valence-electron chi connectivity index (χ2n) is 4.21. The Morgan fingerprint density at radius 1 is 1.42 bits per heavy atom. The van der Waals surface area contributed by atoms with Crippen molar-refractivity contribution < 1.29 is 9.53 Å². The lowest BCUT2D eigenvalue weighted by molar-refractivity contribution is 0.0700. The van der Waals surface area contributed by atoms with Gasteiger partial charge in [0, 0.05) is 30.8 Å². The molecule has 0 saturated carbocycles. The summed E-state index contributed by atoms with van der Waals surface area (Å²) in [5.41, 5.74) is 1.47. The molecule has 0 radical (unpaired) electrons. The first-order chi connectivity index (χ1) is 9.08. The number of nitriles is 1. The Morgan fingerprint density at radius 3 is 2.74 bits per heavy atom. The van der Waals surface area contributed by atoms with Gasteiger partial charge in [0.1, 0.15) is 0 Å². The van der Waals surface area contributed by atoms with Crippen molar-refractivity contribution in [1.29, 1.82) is 5.26 Å². The van der Waals surface area contributed by atoms with Gasteiger partial charge < -0.3 is 9.64 Å². The van der Waals surface area contributed by atoms with Crippen LogP contribution in [-0.2, 0) is 4.74 Å². The second kappa shape index (κ2) is 7.78. The summed E-state index contributed by atoms with van der Waals surface area (Å²) >= 11 is 5.96. The number of ether oxygens (including phenoxy) is 1.